The molecular weight excluding hydrogens is 265 g/mol. The van der Waals surface area contributed by atoms with Crippen LogP contribution in [-0.4, -0.2) is 40.1 Å². The zero-order valence-electron chi connectivity index (χ0n) is 10.8. The number of hydrogen-bond donors (Lipinski definition) is 2. The van der Waals surface area contributed by atoms with Crippen LogP contribution >= 0.6 is 0 Å². The van der Waals surface area contributed by atoms with E-state index in [0.717, 1.165) is 5.56 Å². The van der Waals surface area contributed by atoms with Gasteiger partial charge in [-0.05, 0) is 30.7 Å². The van der Waals surface area contributed by atoms with E-state index >= 15 is 0 Å². The highest BCUT2D eigenvalue weighted by Crippen LogP contribution is 2.25. The average Bonchev–Trinajstić information content (AvgIpc) is 2.41. The highest BCUT2D eigenvalue weighted by Gasteiger charge is 2.38. The van der Waals surface area contributed by atoms with Crippen molar-refractivity contribution in [3.8, 4) is 0 Å². The molecule has 0 saturated carbocycles. The molecule has 20 heavy (non-hydrogen) atoms. The van der Waals surface area contributed by atoms with Crippen LogP contribution in [0.5, 0.6) is 0 Å². The lowest BCUT2D eigenvalue weighted by Crippen LogP contribution is -2.46. The number of carbonyl (C=O) groups is 2. The highest BCUT2D eigenvalue weighted by atomic mass is 19.1. The Kier molecular flexibility index (Phi) is 4.34. The predicted molar refractivity (Wildman–Crippen MR) is 68.5 cm³/mol. The van der Waals surface area contributed by atoms with Crippen LogP contribution in [0.2, 0.25) is 0 Å². The van der Waals surface area contributed by atoms with E-state index in [-0.39, 0.29) is 12.4 Å². The number of nitrogens with zero attached hydrogens (tertiary/aromatic N) is 1. The van der Waals surface area contributed by atoms with Crippen LogP contribution < -0.4 is 0 Å². The first-order valence-corrected chi connectivity index (χ1v) is 6.40. The minimum Gasteiger partial charge on any atom is -0.481 e. The molecule has 0 spiro atoms. The summed E-state index contributed by atoms with van der Waals surface area (Å²) in [6.07, 6.45) is 0.313. The molecule has 1 aromatic carbocycles. The molecule has 1 fully saturated rings. The van der Waals surface area contributed by atoms with Gasteiger partial charge in [0.15, 0.2) is 0 Å². The number of rotatable bonds is 4. The summed E-state index contributed by atoms with van der Waals surface area (Å²) in [4.78, 5) is 24.1. The maximum absolute atomic E-state index is 12.8. The molecule has 1 saturated heterocycles. The van der Waals surface area contributed by atoms with Crippen LogP contribution in [0.15, 0.2) is 24.3 Å². The van der Waals surface area contributed by atoms with E-state index in [0.29, 0.717) is 19.5 Å². The molecule has 1 aliphatic rings. The van der Waals surface area contributed by atoms with E-state index in [9.17, 15) is 14.0 Å². The molecule has 6 heteroatoms. The van der Waals surface area contributed by atoms with E-state index in [1.807, 2.05) is 4.90 Å². The smallest absolute Gasteiger partial charge is 0.308 e. The van der Waals surface area contributed by atoms with Gasteiger partial charge in [0.25, 0.3) is 0 Å². The number of benzene rings is 1. The number of halogens is 1. The van der Waals surface area contributed by atoms with E-state index in [1.165, 1.54) is 12.1 Å². The fourth-order valence-electron chi connectivity index (χ4n) is 2.56. The van der Waals surface area contributed by atoms with Gasteiger partial charge in [0.1, 0.15) is 5.82 Å². The fraction of sp³-hybridized carbons (Fsp3) is 0.429. The Bertz CT molecular complexity index is 502. The lowest BCUT2D eigenvalue weighted by molar-refractivity contribution is -0.157. The second kappa shape index (κ2) is 6.00. The predicted octanol–water partition coefficient (Wildman–Crippen LogP) is 1.43. The van der Waals surface area contributed by atoms with Gasteiger partial charge in [-0.25, -0.2) is 4.39 Å². The maximum atomic E-state index is 12.8. The van der Waals surface area contributed by atoms with Gasteiger partial charge in [-0.3, -0.25) is 14.5 Å². The molecule has 2 N–H and O–H groups in total. The van der Waals surface area contributed by atoms with Crippen molar-refractivity contribution in [2.24, 2.45) is 11.8 Å². The molecule has 1 aliphatic heterocycles. The van der Waals surface area contributed by atoms with Gasteiger partial charge in [0.2, 0.25) is 0 Å². The summed E-state index contributed by atoms with van der Waals surface area (Å²) in [5.41, 5.74) is 0.879. The van der Waals surface area contributed by atoms with Crippen molar-refractivity contribution in [1.29, 1.82) is 0 Å². The van der Waals surface area contributed by atoms with Crippen LogP contribution in [0.4, 0.5) is 4.39 Å². The van der Waals surface area contributed by atoms with Gasteiger partial charge >= 0.3 is 11.9 Å². The Hall–Kier alpha value is -1.95. The first-order valence-electron chi connectivity index (χ1n) is 6.40. The van der Waals surface area contributed by atoms with E-state index < -0.39 is 23.8 Å². The average molecular weight is 281 g/mol. The normalized spacial score (nSPS) is 23.4. The third-order valence-corrected chi connectivity index (χ3v) is 3.65. The van der Waals surface area contributed by atoms with Gasteiger partial charge in [-0.1, -0.05) is 12.1 Å². The van der Waals surface area contributed by atoms with Crippen molar-refractivity contribution in [3.05, 3.63) is 35.6 Å². The Morgan fingerprint density at radius 3 is 2.30 bits per heavy atom. The molecule has 1 aromatic rings. The quantitative estimate of drug-likeness (QED) is 0.873. The monoisotopic (exact) mass is 281 g/mol. The molecule has 1 heterocycles. The molecule has 0 bridgehead atoms. The Morgan fingerprint density at radius 2 is 1.75 bits per heavy atom. The molecule has 2 atom stereocenters. The molecule has 2 unspecified atom stereocenters. The van der Waals surface area contributed by atoms with Crippen LogP contribution in [0, 0.1) is 17.7 Å². The molecule has 0 aromatic heterocycles. The van der Waals surface area contributed by atoms with E-state index in [1.54, 1.807) is 12.1 Å². The first kappa shape index (κ1) is 14.5. The maximum Gasteiger partial charge on any atom is 0.308 e. The topological polar surface area (TPSA) is 77.8 Å². The summed E-state index contributed by atoms with van der Waals surface area (Å²) < 4.78 is 12.8. The molecule has 2 rings (SSSR count). The van der Waals surface area contributed by atoms with Crippen molar-refractivity contribution in [3.63, 3.8) is 0 Å². The lowest BCUT2D eigenvalue weighted by Gasteiger charge is -2.34. The minimum atomic E-state index is -1.08. The van der Waals surface area contributed by atoms with Crippen LogP contribution in [0.1, 0.15) is 12.0 Å². The second-order valence-electron chi connectivity index (χ2n) is 5.04. The number of aliphatic carboxylic acids is 2. The van der Waals surface area contributed by atoms with Gasteiger partial charge in [-0.2, -0.15) is 0 Å². The molecule has 0 amide bonds. The molecular formula is C14H16FNO4. The van der Waals surface area contributed by atoms with Gasteiger partial charge < -0.3 is 10.2 Å². The van der Waals surface area contributed by atoms with E-state index in [4.69, 9.17) is 10.2 Å². The minimum absolute atomic E-state index is 0.198. The van der Waals surface area contributed by atoms with Gasteiger partial charge in [-0.15, -0.1) is 0 Å². The third-order valence-electron chi connectivity index (χ3n) is 3.65. The fourth-order valence-corrected chi connectivity index (χ4v) is 2.56. The third kappa shape index (κ3) is 3.33. The van der Waals surface area contributed by atoms with Gasteiger partial charge in [0.05, 0.1) is 11.8 Å². The molecule has 5 nitrogen and oxygen atoms in total. The highest BCUT2D eigenvalue weighted by molar-refractivity contribution is 5.80. The zero-order valence-corrected chi connectivity index (χ0v) is 10.8. The summed E-state index contributed by atoms with van der Waals surface area (Å²) in [5.74, 6) is -4.19. The summed E-state index contributed by atoms with van der Waals surface area (Å²) in [6.45, 7) is 1.22. The van der Waals surface area contributed by atoms with Crippen LogP contribution in [0.3, 0.4) is 0 Å². The first-order chi connectivity index (χ1) is 9.47. The number of carboxylic acids is 2. The van der Waals surface area contributed by atoms with Gasteiger partial charge in [0, 0.05) is 13.1 Å². The SMILES string of the molecule is O=C(O)C1CCN(Cc2ccc(F)cc2)CC1C(=O)O. The Morgan fingerprint density at radius 1 is 1.15 bits per heavy atom. The van der Waals surface area contributed by atoms with Crippen molar-refractivity contribution >= 4 is 11.9 Å². The standard InChI is InChI=1S/C14H16FNO4/c15-10-3-1-9(2-4-10)7-16-6-5-11(13(17)18)12(8-16)14(19)20/h1-4,11-12H,5-8H2,(H,17,18)(H,19,20). The number of likely N-dealkylation sites (tertiary alicyclic amines) is 1. The summed E-state index contributed by atoms with van der Waals surface area (Å²) in [7, 11) is 0. The van der Waals surface area contributed by atoms with Crippen LogP contribution in [0.25, 0.3) is 0 Å². The molecule has 108 valence electrons. The largest absolute Gasteiger partial charge is 0.481 e. The zero-order chi connectivity index (χ0) is 14.7. The lowest BCUT2D eigenvalue weighted by atomic mass is 9.85. The van der Waals surface area contributed by atoms with Crippen molar-refractivity contribution < 1.29 is 24.2 Å². The number of piperidine rings is 1. The van der Waals surface area contributed by atoms with Crippen molar-refractivity contribution in [2.45, 2.75) is 13.0 Å². The number of hydrogen-bond acceptors (Lipinski definition) is 3. The number of carboxylic acid groups (broad SMARTS) is 2. The van der Waals surface area contributed by atoms with Crippen molar-refractivity contribution in [2.75, 3.05) is 13.1 Å². The van der Waals surface area contributed by atoms with E-state index in [2.05, 4.69) is 0 Å². The summed E-state index contributed by atoms with van der Waals surface area (Å²) in [5, 5.41) is 18.2. The molecule has 0 aliphatic carbocycles. The van der Waals surface area contributed by atoms with Crippen LogP contribution in [-0.2, 0) is 16.1 Å². The Labute approximate surface area is 115 Å². The summed E-state index contributed by atoms with van der Waals surface area (Å²) in [6, 6.07) is 6.00. The summed E-state index contributed by atoms with van der Waals surface area (Å²) >= 11 is 0. The molecule has 0 radical (unpaired) electrons. The van der Waals surface area contributed by atoms with Crippen molar-refractivity contribution in [1.82, 2.24) is 4.90 Å². The Balaban J connectivity index is 2.03. The second-order valence-corrected chi connectivity index (χ2v) is 5.04.